The molecule has 1 rings (SSSR count). The Morgan fingerprint density at radius 2 is 1.31 bits per heavy atom. The predicted molar refractivity (Wildman–Crippen MR) is 65.3 cm³/mol. The zero-order valence-corrected chi connectivity index (χ0v) is 12.1. The van der Waals surface area contributed by atoms with Crippen molar-refractivity contribution in [2.75, 3.05) is 13.2 Å². The second kappa shape index (κ2) is 3.81. The number of hydrogen-bond donors (Lipinski definition) is 1. The molecule has 16 heavy (non-hydrogen) atoms. The summed E-state index contributed by atoms with van der Waals surface area (Å²) in [7, 11) is -3.26. The molecule has 0 aromatic carbocycles. The summed E-state index contributed by atoms with van der Waals surface area (Å²) in [6.07, 6.45) is 0. The molecule has 0 radical (unpaired) electrons. The highest BCUT2D eigenvalue weighted by Crippen LogP contribution is 2.85. The van der Waals surface area contributed by atoms with Gasteiger partial charge >= 0.3 is 7.60 Å². The fourth-order valence-electron chi connectivity index (χ4n) is 2.59. The molecule has 2 N–H and O–H groups in total. The van der Waals surface area contributed by atoms with Gasteiger partial charge in [-0.3, -0.25) is 4.57 Å². The van der Waals surface area contributed by atoms with E-state index in [9.17, 15) is 4.57 Å². The van der Waals surface area contributed by atoms with Gasteiger partial charge in [0.2, 0.25) is 0 Å². The zero-order valence-electron chi connectivity index (χ0n) is 11.2. The Morgan fingerprint density at radius 1 is 1.00 bits per heavy atom. The minimum absolute atomic E-state index is 0.250. The third-order valence-electron chi connectivity index (χ3n) is 4.44. The lowest BCUT2D eigenvalue weighted by molar-refractivity contribution is 0.202. The topological polar surface area (TPSA) is 61.5 Å². The van der Waals surface area contributed by atoms with E-state index in [0.717, 1.165) is 0 Å². The Morgan fingerprint density at radius 3 is 1.50 bits per heavy atom. The molecule has 0 aromatic rings. The van der Waals surface area contributed by atoms with E-state index in [4.69, 9.17) is 14.8 Å². The van der Waals surface area contributed by atoms with E-state index in [2.05, 4.69) is 0 Å². The van der Waals surface area contributed by atoms with Crippen molar-refractivity contribution < 1.29 is 13.6 Å². The van der Waals surface area contributed by atoms with Crippen LogP contribution in [0.25, 0.3) is 0 Å². The summed E-state index contributed by atoms with van der Waals surface area (Å²) in [5.74, 6) is 0. The monoisotopic (exact) mass is 249 g/mol. The molecule has 0 aromatic heterocycles. The van der Waals surface area contributed by atoms with Gasteiger partial charge in [-0.05, 0) is 13.8 Å². The van der Waals surface area contributed by atoms with Gasteiger partial charge in [0.25, 0.3) is 0 Å². The first kappa shape index (κ1) is 14.2. The molecule has 1 saturated carbocycles. The van der Waals surface area contributed by atoms with E-state index >= 15 is 0 Å². The largest absolute Gasteiger partial charge is 0.351 e. The summed E-state index contributed by atoms with van der Waals surface area (Å²) in [4.78, 5) is 0. The Balaban J connectivity index is 3.12. The number of hydrogen-bond acceptors (Lipinski definition) is 4. The van der Waals surface area contributed by atoms with Crippen LogP contribution in [0.4, 0.5) is 0 Å². The third-order valence-corrected chi connectivity index (χ3v) is 7.61. The molecule has 0 heterocycles. The molecule has 0 atom stereocenters. The lowest BCUT2D eigenvalue weighted by atomic mass is 10.0. The van der Waals surface area contributed by atoms with Crippen molar-refractivity contribution in [1.29, 1.82) is 0 Å². The second-order valence-electron chi connectivity index (χ2n) is 5.35. The smallest absolute Gasteiger partial charge is 0.314 e. The highest BCUT2D eigenvalue weighted by molar-refractivity contribution is 7.56. The molecule has 0 bridgehead atoms. The lowest BCUT2D eigenvalue weighted by Crippen LogP contribution is -2.33. The average molecular weight is 249 g/mol. The highest BCUT2D eigenvalue weighted by Gasteiger charge is 2.84. The summed E-state index contributed by atoms with van der Waals surface area (Å²) in [6.45, 7) is 12.4. The van der Waals surface area contributed by atoms with Crippen LogP contribution < -0.4 is 5.73 Å². The molecular weight excluding hydrogens is 225 g/mol. The predicted octanol–water partition coefficient (Wildman–Crippen LogP) is 2.97. The van der Waals surface area contributed by atoms with Crippen LogP contribution >= 0.6 is 7.60 Å². The minimum atomic E-state index is -3.26. The van der Waals surface area contributed by atoms with Crippen LogP contribution in [0.3, 0.4) is 0 Å². The first-order chi connectivity index (χ1) is 7.12. The zero-order chi connectivity index (χ0) is 12.8. The Labute approximate surface area is 98.4 Å². The molecule has 1 aliphatic carbocycles. The summed E-state index contributed by atoms with van der Waals surface area (Å²) in [5.41, 5.74) is 5.84. The van der Waals surface area contributed by atoms with Gasteiger partial charge in [-0.15, -0.1) is 0 Å². The Hall–Kier alpha value is 0.110. The average Bonchev–Trinajstić information content (AvgIpc) is 2.46. The van der Waals surface area contributed by atoms with Gasteiger partial charge in [-0.25, -0.2) is 0 Å². The maximum Gasteiger partial charge on any atom is 0.351 e. The van der Waals surface area contributed by atoms with Crippen molar-refractivity contribution in [1.82, 2.24) is 0 Å². The Kier molecular flexibility index (Phi) is 3.37. The summed E-state index contributed by atoms with van der Waals surface area (Å²) in [5, 5.41) is -0.890. The van der Waals surface area contributed by atoms with Crippen LogP contribution in [0.2, 0.25) is 0 Å². The molecule has 4 nitrogen and oxygen atoms in total. The SMILES string of the molecule is CCOP(=O)(OCC)C1(N)C(C)(C)C1(C)C. The highest BCUT2D eigenvalue weighted by atomic mass is 31.2. The first-order valence-corrected chi connectivity index (χ1v) is 7.34. The normalized spacial score (nSPS) is 25.4. The van der Waals surface area contributed by atoms with Gasteiger partial charge in [-0.2, -0.15) is 0 Å². The number of rotatable bonds is 5. The maximum atomic E-state index is 12.8. The van der Waals surface area contributed by atoms with Gasteiger partial charge in [0.1, 0.15) is 5.28 Å². The van der Waals surface area contributed by atoms with E-state index in [1.54, 1.807) is 13.8 Å². The minimum Gasteiger partial charge on any atom is -0.314 e. The van der Waals surface area contributed by atoms with Crippen LogP contribution in [-0.4, -0.2) is 18.5 Å². The van der Waals surface area contributed by atoms with Crippen LogP contribution in [0.15, 0.2) is 0 Å². The molecule has 1 aliphatic rings. The van der Waals surface area contributed by atoms with Crippen LogP contribution in [0.1, 0.15) is 41.5 Å². The van der Waals surface area contributed by atoms with Crippen molar-refractivity contribution in [2.45, 2.75) is 46.8 Å². The molecular formula is C11H24NO3P. The van der Waals surface area contributed by atoms with Crippen LogP contribution in [-0.2, 0) is 13.6 Å². The van der Waals surface area contributed by atoms with Gasteiger partial charge in [-0.1, -0.05) is 27.7 Å². The summed E-state index contributed by atoms with van der Waals surface area (Å²) < 4.78 is 23.5. The quantitative estimate of drug-likeness (QED) is 0.761. The van der Waals surface area contributed by atoms with E-state index in [1.807, 2.05) is 27.7 Å². The molecule has 0 amide bonds. The molecule has 0 spiro atoms. The number of nitrogens with two attached hydrogens (primary N) is 1. The van der Waals surface area contributed by atoms with Crippen molar-refractivity contribution in [3.05, 3.63) is 0 Å². The van der Waals surface area contributed by atoms with E-state index in [-0.39, 0.29) is 10.8 Å². The maximum absolute atomic E-state index is 12.8. The first-order valence-electron chi connectivity index (χ1n) is 5.80. The second-order valence-corrected chi connectivity index (χ2v) is 7.57. The molecule has 0 aliphatic heterocycles. The van der Waals surface area contributed by atoms with Crippen molar-refractivity contribution >= 4 is 7.60 Å². The molecule has 5 heteroatoms. The third kappa shape index (κ3) is 1.37. The Bertz CT molecular complexity index is 301. The van der Waals surface area contributed by atoms with Crippen LogP contribution in [0.5, 0.6) is 0 Å². The van der Waals surface area contributed by atoms with Crippen molar-refractivity contribution in [2.24, 2.45) is 16.6 Å². The van der Waals surface area contributed by atoms with Gasteiger partial charge < -0.3 is 14.8 Å². The fourth-order valence-corrected chi connectivity index (χ4v) is 5.63. The van der Waals surface area contributed by atoms with E-state index in [0.29, 0.717) is 13.2 Å². The van der Waals surface area contributed by atoms with Crippen molar-refractivity contribution in [3.8, 4) is 0 Å². The molecule has 0 saturated heterocycles. The fraction of sp³-hybridized carbons (Fsp3) is 1.00. The van der Waals surface area contributed by atoms with Gasteiger partial charge in [0, 0.05) is 10.8 Å². The molecule has 96 valence electrons. The van der Waals surface area contributed by atoms with Crippen molar-refractivity contribution in [3.63, 3.8) is 0 Å². The van der Waals surface area contributed by atoms with Gasteiger partial charge in [0.05, 0.1) is 13.2 Å². The lowest BCUT2D eigenvalue weighted by Gasteiger charge is -2.26. The molecule has 1 fully saturated rings. The van der Waals surface area contributed by atoms with E-state index < -0.39 is 12.9 Å². The standard InChI is InChI=1S/C11H24NO3P/c1-7-14-16(13,15-8-2)11(12)9(3,4)10(11,5)6/h7-8,12H2,1-6H3. The summed E-state index contributed by atoms with van der Waals surface area (Å²) >= 11 is 0. The van der Waals surface area contributed by atoms with Gasteiger partial charge in [0.15, 0.2) is 0 Å². The molecule has 0 unspecified atom stereocenters. The van der Waals surface area contributed by atoms with E-state index in [1.165, 1.54) is 0 Å². The summed E-state index contributed by atoms with van der Waals surface area (Å²) in [6, 6.07) is 0. The van der Waals surface area contributed by atoms with Crippen LogP contribution in [0, 0.1) is 10.8 Å².